The van der Waals surface area contributed by atoms with Crippen molar-refractivity contribution < 1.29 is 85.6 Å². The van der Waals surface area contributed by atoms with Gasteiger partial charge in [-0.2, -0.15) is 4.31 Å². The Bertz CT molecular complexity index is 1950. The van der Waals surface area contributed by atoms with Crippen LogP contribution in [0.1, 0.15) is 33.6 Å². The maximum absolute atomic E-state index is 12.8. The molecule has 2 amide bonds. The number of nitrogens with zero attached hydrogens (tertiary/aromatic N) is 4. The molecule has 2 aromatic heterocycles. The van der Waals surface area contributed by atoms with Crippen molar-refractivity contribution in [2.24, 2.45) is 5.41 Å². The minimum atomic E-state index is -5.60. The fourth-order valence-electron chi connectivity index (χ4n) is 5.39. The Morgan fingerprint density at radius 2 is 1.74 bits per heavy atom. The van der Waals surface area contributed by atoms with E-state index in [4.69, 9.17) is 24.0 Å². The molecular formula is C27H44N7O18P3S3. The van der Waals surface area contributed by atoms with E-state index in [1.165, 1.54) is 44.3 Å². The van der Waals surface area contributed by atoms with Gasteiger partial charge in [-0.1, -0.05) is 25.6 Å². The number of phosphoric ester groups is 3. The number of amides is 2. The van der Waals surface area contributed by atoms with Crippen molar-refractivity contribution in [1.82, 2.24) is 30.2 Å². The van der Waals surface area contributed by atoms with E-state index < -0.39 is 88.3 Å². The summed E-state index contributed by atoms with van der Waals surface area (Å²) in [5.74, 6) is 0.244. The number of fused-ring (bicyclic) bond motifs is 1. The Labute approximate surface area is 342 Å². The average Bonchev–Trinajstić information content (AvgIpc) is 3.81. The van der Waals surface area contributed by atoms with Crippen molar-refractivity contribution in [3.8, 4) is 0 Å². The van der Waals surface area contributed by atoms with Gasteiger partial charge in [0.1, 0.15) is 36.3 Å². The van der Waals surface area contributed by atoms with Gasteiger partial charge in [-0.3, -0.25) is 32.5 Å². The highest BCUT2D eigenvalue weighted by atomic mass is 32.2. The number of aromatic nitrogens is 4. The minimum absolute atomic E-state index is 0.0148. The normalized spacial score (nSPS) is 24.9. The average molecular weight is 944 g/mol. The number of imidazole rings is 1. The lowest BCUT2D eigenvalue weighted by atomic mass is 9.87. The van der Waals surface area contributed by atoms with Crippen LogP contribution in [0.2, 0.25) is 0 Å². The molecule has 31 heteroatoms. The molecule has 0 aromatic carbocycles. The van der Waals surface area contributed by atoms with Gasteiger partial charge in [0, 0.05) is 42.2 Å². The molecule has 0 bridgehead atoms. The summed E-state index contributed by atoms with van der Waals surface area (Å²) >= 11 is 3.59. The second-order valence-electron chi connectivity index (χ2n) is 13.4. The van der Waals surface area contributed by atoms with Gasteiger partial charge in [0.25, 0.3) is 0 Å². The van der Waals surface area contributed by atoms with Gasteiger partial charge in [0.15, 0.2) is 26.6 Å². The van der Waals surface area contributed by atoms with Crippen molar-refractivity contribution in [3.63, 3.8) is 0 Å². The minimum Gasteiger partial charge on any atom is -0.385 e. The van der Waals surface area contributed by atoms with Gasteiger partial charge in [-0.15, -0.1) is 23.5 Å². The van der Waals surface area contributed by atoms with Gasteiger partial charge in [0.2, 0.25) is 11.8 Å². The molecule has 7 unspecified atom stereocenters. The van der Waals surface area contributed by atoms with E-state index in [2.05, 4.69) is 29.9 Å². The van der Waals surface area contributed by atoms with Crippen molar-refractivity contribution in [1.29, 1.82) is 0 Å². The number of aliphatic hydroxyl groups excluding tert-OH is 2. The Balaban J connectivity index is 1.24. The van der Waals surface area contributed by atoms with E-state index >= 15 is 0 Å². The lowest BCUT2D eigenvalue weighted by Gasteiger charge is -2.30. The number of ether oxygens (including phenoxy) is 1. The SMILES string of the molecule is CC(C)(COP(=O)(O)OP(=O)(O)OCC1OC(C)(n2cnc3c(N)ncnc32)C(O)C1OP(=O)(O)O)C(O)C(=O)NCCC(=O)NCCSC(=O)CC1(O)SCCS1. The van der Waals surface area contributed by atoms with Crippen LogP contribution in [-0.4, -0.2) is 144 Å². The first-order valence-corrected chi connectivity index (χ1v) is 24.3. The summed E-state index contributed by atoms with van der Waals surface area (Å²) in [7, 11) is -16.5. The number of thioether (sulfide) groups is 3. The highest BCUT2D eigenvalue weighted by Crippen LogP contribution is 2.61. The van der Waals surface area contributed by atoms with Crippen LogP contribution in [0.3, 0.4) is 0 Å². The van der Waals surface area contributed by atoms with Crippen LogP contribution in [0.15, 0.2) is 12.7 Å². The Kier molecular flexibility index (Phi) is 16.4. The number of nitrogens with one attached hydrogen (secondary N) is 2. The molecule has 2 aliphatic rings. The predicted molar refractivity (Wildman–Crippen MR) is 206 cm³/mol. The summed E-state index contributed by atoms with van der Waals surface area (Å²) in [4.78, 5) is 88.2. The number of carbonyl (C=O) groups excluding carboxylic acids is 3. The molecule has 11 N–H and O–H groups in total. The zero-order chi connectivity index (χ0) is 43.3. The molecule has 0 saturated carbocycles. The zero-order valence-electron chi connectivity index (χ0n) is 30.9. The molecule has 0 spiro atoms. The Hall–Kier alpha value is -1.78. The molecule has 2 aromatic rings. The summed E-state index contributed by atoms with van der Waals surface area (Å²) in [6.07, 6.45) is -5.59. The quantitative estimate of drug-likeness (QED) is 0.0549. The summed E-state index contributed by atoms with van der Waals surface area (Å²) in [5.41, 5.74) is 2.28. The molecule has 25 nitrogen and oxygen atoms in total. The van der Waals surface area contributed by atoms with E-state index in [0.717, 1.165) is 40.5 Å². The first-order chi connectivity index (χ1) is 26.8. The van der Waals surface area contributed by atoms with Gasteiger partial charge in [-0.05, 0) is 6.92 Å². The van der Waals surface area contributed by atoms with Crippen LogP contribution in [-0.2, 0) is 56.4 Å². The molecule has 2 fully saturated rings. The number of rotatable bonds is 21. The van der Waals surface area contributed by atoms with Crippen LogP contribution in [0.4, 0.5) is 5.82 Å². The standard InChI is InChI=1S/C27H44N7O18P3S3/c1-25(2,21(38)24(39)30-5-4-16(35)29-6-7-56-17(36)10-27(40)57-8-9-58-27)12-49-55(46,47)52-54(44,45)48-11-15-19(51-53(41,42)43)20(37)26(3,50-15)34-14-33-18-22(28)31-13-32-23(18)34/h13-15,19-21,37-38,40H,4-12H2,1-3H3,(H,29,35)(H,30,39)(H,44,45)(H,46,47)(H2,28,31,32)(H2,41,42,43). The third kappa shape index (κ3) is 13.4. The number of carbonyl (C=O) groups is 3. The second kappa shape index (κ2) is 19.5. The third-order valence-electron chi connectivity index (χ3n) is 8.36. The van der Waals surface area contributed by atoms with E-state index in [-0.39, 0.29) is 53.8 Å². The van der Waals surface area contributed by atoms with Crippen molar-refractivity contribution in [3.05, 3.63) is 12.7 Å². The second-order valence-corrected chi connectivity index (χ2v) is 21.8. The molecule has 4 rings (SSSR count). The fourth-order valence-corrected chi connectivity index (χ4v) is 11.7. The number of aliphatic hydroxyl groups is 3. The summed E-state index contributed by atoms with van der Waals surface area (Å²) < 4.78 is 61.6. The van der Waals surface area contributed by atoms with E-state index in [1.807, 2.05) is 0 Å². The van der Waals surface area contributed by atoms with Crippen LogP contribution in [0, 0.1) is 5.41 Å². The molecule has 2 aliphatic heterocycles. The maximum atomic E-state index is 12.8. The molecule has 2 saturated heterocycles. The monoisotopic (exact) mass is 943 g/mol. The summed E-state index contributed by atoms with van der Waals surface area (Å²) in [5, 5.41) is 36.7. The van der Waals surface area contributed by atoms with Crippen molar-refractivity contribution in [2.45, 2.75) is 68.0 Å². The molecule has 7 atom stereocenters. The van der Waals surface area contributed by atoms with Crippen LogP contribution < -0.4 is 16.4 Å². The van der Waals surface area contributed by atoms with Crippen molar-refractivity contribution in [2.75, 3.05) is 49.3 Å². The van der Waals surface area contributed by atoms with E-state index in [1.54, 1.807) is 0 Å². The van der Waals surface area contributed by atoms with Crippen LogP contribution in [0.5, 0.6) is 0 Å². The largest absolute Gasteiger partial charge is 0.481 e. The smallest absolute Gasteiger partial charge is 0.385 e. The number of phosphoric acid groups is 3. The van der Waals surface area contributed by atoms with Gasteiger partial charge < -0.3 is 56.0 Å². The number of nitrogen functional groups attached to an aromatic ring is 1. The first-order valence-electron chi connectivity index (χ1n) is 16.8. The van der Waals surface area contributed by atoms with Gasteiger partial charge >= 0.3 is 23.5 Å². The lowest BCUT2D eigenvalue weighted by Crippen LogP contribution is -2.46. The predicted octanol–water partition coefficient (Wildman–Crippen LogP) is -0.645. The molecule has 0 aliphatic carbocycles. The van der Waals surface area contributed by atoms with E-state index in [9.17, 15) is 63.0 Å². The first kappa shape index (κ1) is 48.9. The summed E-state index contributed by atoms with van der Waals surface area (Å²) in [6.45, 7) is 1.59. The topological polar surface area (TPSA) is 384 Å². The highest BCUT2D eigenvalue weighted by Gasteiger charge is 2.57. The van der Waals surface area contributed by atoms with Crippen LogP contribution >= 0.6 is 58.8 Å². The Morgan fingerprint density at radius 1 is 1.09 bits per heavy atom. The number of anilines is 1. The summed E-state index contributed by atoms with van der Waals surface area (Å²) in [6, 6.07) is 0. The lowest BCUT2D eigenvalue weighted by molar-refractivity contribution is -0.137. The van der Waals surface area contributed by atoms with Crippen LogP contribution in [0.25, 0.3) is 11.2 Å². The fraction of sp³-hybridized carbons (Fsp3) is 0.704. The zero-order valence-corrected chi connectivity index (χ0v) is 36.0. The number of hydrogen-bond donors (Lipinski definition) is 10. The van der Waals surface area contributed by atoms with E-state index in [0.29, 0.717) is 0 Å². The molecule has 0 radical (unpaired) electrons. The Morgan fingerprint density at radius 3 is 2.40 bits per heavy atom. The highest BCUT2D eigenvalue weighted by molar-refractivity contribution is 8.21. The molecule has 4 heterocycles. The molecule has 328 valence electrons. The molecule has 58 heavy (non-hydrogen) atoms. The van der Waals surface area contributed by atoms with Gasteiger partial charge in [-0.25, -0.2) is 28.6 Å². The molecular weight excluding hydrogens is 899 g/mol. The number of nitrogens with two attached hydrogens (primary N) is 1. The maximum Gasteiger partial charge on any atom is 0.481 e. The van der Waals surface area contributed by atoms with Gasteiger partial charge in [0.05, 0.1) is 26.0 Å². The third-order valence-corrected chi connectivity index (χ3v) is 15.3. The number of hydrogen-bond acceptors (Lipinski definition) is 21. The van der Waals surface area contributed by atoms with Crippen molar-refractivity contribution >= 4 is 92.7 Å².